The van der Waals surface area contributed by atoms with E-state index in [4.69, 9.17) is 10.5 Å². The van der Waals surface area contributed by atoms with Gasteiger partial charge in [-0.15, -0.1) is 12.4 Å². The molecule has 0 saturated carbocycles. The largest absolute Gasteiger partial charge is 0.375 e. The van der Waals surface area contributed by atoms with Crippen molar-refractivity contribution >= 4 is 24.2 Å². The van der Waals surface area contributed by atoms with Crippen LogP contribution in [0.25, 0.3) is 0 Å². The van der Waals surface area contributed by atoms with Crippen LogP contribution in [0.2, 0.25) is 0 Å². The Hall–Kier alpha value is -0.850. The quantitative estimate of drug-likeness (QED) is 0.716. The lowest BCUT2D eigenvalue weighted by atomic mass is 10.2. The van der Waals surface area contributed by atoms with Crippen LogP contribution in [0.3, 0.4) is 0 Å². The molecule has 100 valence electrons. The average Bonchev–Trinajstić information content (AvgIpc) is 2.28. The minimum absolute atomic E-state index is 0. The van der Waals surface area contributed by atoms with Crippen LogP contribution in [0.4, 0.5) is 0 Å². The molecule has 2 N–H and O–H groups in total. The lowest BCUT2D eigenvalue weighted by Crippen LogP contribution is -2.54. The van der Waals surface area contributed by atoms with Gasteiger partial charge in [0.05, 0.1) is 6.04 Å². The first-order valence-electron chi connectivity index (χ1n) is 5.37. The van der Waals surface area contributed by atoms with Gasteiger partial charge in [0.15, 0.2) is 0 Å². The summed E-state index contributed by atoms with van der Waals surface area (Å²) in [5.74, 6) is -0.0887. The van der Waals surface area contributed by atoms with E-state index in [9.17, 15) is 9.59 Å². The lowest BCUT2D eigenvalue weighted by molar-refractivity contribution is -0.142. The summed E-state index contributed by atoms with van der Waals surface area (Å²) >= 11 is 0. The molecule has 0 radical (unpaired) electrons. The predicted molar refractivity (Wildman–Crippen MR) is 65.9 cm³/mol. The minimum Gasteiger partial charge on any atom is -0.375 e. The highest BCUT2D eigenvalue weighted by atomic mass is 35.5. The Morgan fingerprint density at radius 2 is 1.71 bits per heavy atom. The summed E-state index contributed by atoms with van der Waals surface area (Å²) < 4.78 is 4.78. The van der Waals surface area contributed by atoms with Crippen LogP contribution < -0.4 is 5.73 Å². The zero-order valence-corrected chi connectivity index (χ0v) is 11.0. The summed E-state index contributed by atoms with van der Waals surface area (Å²) in [6.07, 6.45) is 0. The van der Waals surface area contributed by atoms with Crippen LogP contribution in [-0.4, -0.2) is 67.6 Å². The van der Waals surface area contributed by atoms with Gasteiger partial charge in [0.25, 0.3) is 0 Å². The van der Waals surface area contributed by atoms with Gasteiger partial charge in [-0.3, -0.25) is 9.59 Å². The molecule has 1 heterocycles. The molecule has 1 fully saturated rings. The molecule has 1 rings (SSSR count). The van der Waals surface area contributed by atoms with E-state index in [0.29, 0.717) is 26.2 Å². The highest BCUT2D eigenvalue weighted by Gasteiger charge is 2.25. The Morgan fingerprint density at radius 3 is 2.12 bits per heavy atom. The van der Waals surface area contributed by atoms with Crippen molar-refractivity contribution in [2.24, 2.45) is 5.73 Å². The summed E-state index contributed by atoms with van der Waals surface area (Å²) in [5, 5.41) is 0. The maximum atomic E-state index is 11.6. The van der Waals surface area contributed by atoms with Gasteiger partial charge in [-0.05, 0) is 6.92 Å². The monoisotopic (exact) mass is 265 g/mol. The number of piperazine rings is 1. The molecular weight excluding hydrogens is 246 g/mol. The third-order valence-corrected chi connectivity index (χ3v) is 2.60. The molecule has 0 spiro atoms. The normalized spacial score (nSPS) is 17.4. The van der Waals surface area contributed by atoms with E-state index in [2.05, 4.69) is 0 Å². The molecule has 1 saturated heterocycles. The fraction of sp³-hybridized carbons (Fsp3) is 0.800. The van der Waals surface area contributed by atoms with Crippen LogP contribution in [0.5, 0.6) is 0 Å². The van der Waals surface area contributed by atoms with Crippen molar-refractivity contribution < 1.29 is 14.3 Å². The number of ether oxygens (including phenoxy) is 1. The second kappa shape index (κ2) is 7.47. The second-order valence-corrected chi connectivity index (χ2v) is 3.93. The molecule has 7 heteroatoms. The van der Waals surface area contributed by atoms with Crippen molar-refractivity contribution in [3.8, 4) is 0 Å². The van der Waals surface area contributed by atoms with Gasteiger partial charge in [0.2, 0.25) is 11.8 Å². The van der Waals surface area contributed by atoms with Gasteiger partial charge >= 0.3 is 0 Å². The predicted octanol–water partition coefficient (Wildman–Crippen LogP) is -0.927. The SMILES string of the molecule is COCC(=O)N1CCN(C(=O)[C@H](C)N)CC1.Cl. The molecule has 0 aliphatic carbocycles. The molecule has 0 aromatic heterocycles. The average molecular weight is 266 g/mol. The number of hydrogen-bond donors (Lipinski definition) is 1. The highest BCUT2D eigenvalue weighted by molar-refractivity contribution is 5.85. The van der Waals surface area contributed by atoms with E-state index in [-0.39, 0.29) is 30.8 Å². The van der Waals surface area contributed by atoms with Crippen LogP contribution in [0.15, 0.2) is 0 Å². The molecule has 2 amide bonds. The van der Waals surface area contributed by atoms with Gasteiger partial charge < -0.3 is 20.3 Å². The van der Waals surface area contributed by atoms with Gasteiger partial charge in [-0.25, -0.2) is 0 Å². The van der Waals surface area contributed by atoms with Gasteiger partial charge in [-0.1, -0.05) is 0 Å². The molecule has 1 aliphatic heterocycles. The van der Waals surface area contributed by atoms with E-state index in [1.54, 1.807) is 16.7 Å². The standard InChI is InChI=1S/C10H19N3O3.ClH/c1-8(11)10(15)13-5-3-12(4-6-13)9(14)7-16-2;/h8H,3-7,11H2,1-2H3;1H/t8-;/m0./s1. The first kappa shape index (κ1) is 16.1. The van der Waals surface area contributed by atoms with E-state index in [1.807, 2.05) is 0 Å². The number of carbonyl (C=O) groups is 2. The second-order valence-electron chi connectivity index (χ2n) is 3.93. The fourth-order valence-electron chi connectivity index (χ4n) is 1.68. The Kier molecular flexibility index (Phi) is 7.10. The van der Waals surface area contributed by atoms with Gasteiger partial charge in [0, 0.05) is 33.3 Å². The van der Waals surface area contributed by atoms with E-state index in [0.717, 1.165) is 0 Å². The van der Waals surface area contributed by atoms with Crippen molar-refractivity contribution in [3.05, 3.63) is 0 Å². The zero-order chi connectivity index (χ0) is 12.1. The van der Waals surface area contributed by atoms with Gasteiger partial charge in [0.1, 0.15) is 6.61 Å². The smallest absolute Gasteiger partial charge is 0.248 e. The topological polar surface area (TPSA) is 75.9 Å². The van der Waals surface area contributed by atoms with Crippen LogP contribution in [-0.2, 0) is 14.3 Å². The number of halogens is 1. The molecule has 1 aliphatic rings. The van der Waals surface area contributed by atoms with Crippen LogP contribution in [0.1, 0.15) is 6.92 Å². The number of amides is 2. The molecule has 0 unspecified atom stereocenters. The minimum atomic E-state index is -0.471. The molecular formula is C10H20ClN3O3. The molecule has 6 nitrogen and oxygen atoms in total. The number of hydrogen-bond acceptors (Lipinski definition) is 4. The summed E-state index contributed by atoms with van der Waals surface area (Å²) in [7, 11) is 1.49. The van der Waals surface area contributed by atoms with E-state index >= 15 is 0 Å². The summed E-state index contributed by atoms with van der Waals surface area (Å²) in [5.41, 5.74) is 5.52. The zero-order valence-electron chi connectivity index (χ0n) is 10.2. The Labute approximate surface area is 107 Å². The van der Waals surface area contributed by atoms with Crippen molar-refractivity contribution in [1.82, 2.24) is 9.80 Å². The third-order valence-electron chi connectivity index (χ3n) is 2.60. The van der Waals surface area contributed by atoms with Crippen LogP contribution >= 0.6 is 12.4 Å². The molecule has 0 aromatic rings. The van der Waals surface area contributed by atoms with Crippen molar-refractivity contribution in [2.75, 3.05) is 39.9 Å². The Balaban J connectivity index is 0.00000256. The lowest BCUT2D eigenvalue weighted by Gasteiger charge is -2.35. The van der Waals surface area contributed by atoms with E-state index in [1.165, 1.54) is 7.11 Å². The maximum absolute atomic E-state index is 11.6. The maximum Gasteiger partial charge on any atom is 0.248 e. The first-order chi connectivity index (χ1) is 7.56. The Bertz CT molecular complexity index is 266. The number of rotatable bonds is 3. The summed E-state index contributed by atoms with van der Waals surface area (Å²) in [6, 6.07) is -0.471. The molecule has 17 heavy (non-hydrogen) atoms. The number of nitrogens with zero attached hydrogens (tertiary/aromatic N) is 2. The van der Waals surface area contributed by atoms with Crippen LogP contribution in [0, 0.1) is 0 Å². The number of methoxy groups -OCH3 is 1. The van der Waals surface area contributed by atoms with Crippen molar-refractivity contribution in [2.45, 2.75) is 13.0 Å². The molecule has 0 aromatic carbocycles. The Morgan fingerprint density at radius 1 is 1.24 bits per heavy atom. The van der Waals surface area contributed by atoms with E-state index < -0.39 is 6.04 Å². The first-order valence-corrected chi connectivity index (χ1v) is 5.37. The van der Waals surface area contributed by atoms with Gasteiger partial charge in [-0.2, -0.15) is 0 Å². The highest BCUT2D eigenvalue weighted by Crippen LogP contribution is 2.03. The van der Waals surface area contributed by atoms with Crippen molar-refractivity contribution in [1.29, 1.82) is 0 Å². The summed E-state index contributed by atoms with van der Waals surface area (Å²) in [4.78, 5) is 26.5. The third kappa shape index (κ3) is 4.49. The molecule has 1 atom stereocenters. The number of carbonyl (C=O) groups excluding carboxylic acids is 2. The fourth-order valence-corrected chi connectivity index (χ4v) is 1.68. The van der Waals surface area contributed by atoms with Crippen molar-refractivity contribution in [3.63, 3.8) is 0 Å². The summed E-state index contributed by atoms with van der Waals surface area (Å²) in [6.45, 7) is 3.99. The number of nitrogens with two attached hydrogens (primary N) is 1. The molecule has 0 bridgehead atoms.